The van der Waals surface area contributed by atoms with E-state index in [-0.39, 0.29) is 5.88 Å². The maximum atomic E-state index is 12.9. The number of aromatic nitrogens is 2. The lowest BCUT2D eigenvalue weighted by Gasteiger charge is -2.18. The minimum absolute atomic E-state index is 0.0851. The van der Waals surface area contributed by atoms with Crippen LogP contribution in [0.25, 0.3) is 0 Å². The van der Waals surface area contributed by atoms with Gasteiger partial charge in [-0.2, -0.15) is 8.78 Å². The highest BCUT2D eigenvalue weighted by molar-refractivity contribution is 5.48. The second-order valence-corrected chi connectivity index (χ2v) is 4.14. The number of ether oxygens (including phenoxy) is 1. The van der Waals surface area contributed by atoms with E-state index in [0.29, 0.717) is 30.8 Å². The molecule has 0 bridgehead atoms. The molecular formula is C12H17F4N3O. The normalized spacial score (nSPS) is 11.8. The molecule has 1 N–H and O–H groups in total. The molecule has 0 amide bonds. The monoisotopic (exact) mass is 295 g/mol. The Morgan fingerprint density at radius 3 is 2.55 bits per heavy atom. The van der Waals surface area contributed by atoms with Crippen LogP contribution in [0.5, 0.6) is 5.88 Å². The highest BCUT2D eigenvalue weighted by Gasteiger charge is 2.42. The third-order valence-corrected chi connectivity index (χ3v) is 2.47. The first-order valence-electron chi connectivity index (χ1n) is 6.28. The Morgan fingerprint density at radius 2 is 2.00 bits per heavy atom. The summed E-state index contributed by atoms with van der Waals surface area (Å²) >= 11 is 0. The molecule has 1 aromatic rings. The number of halogens is 4. The fourth-order valence-electron chi connectivity index (χ4n) is 1.54. The quantitative estimate of drug-likeness (QED) is 0.748. The Morgan fingerprint density at radius 1 is 1.30 bits per heavy atom. The summed E-state index contributed by atoms with van der Waals surface area (Å²) in [5, 5.41) is 2.95. The summed E-state index contributed by atoms with van der Waals surface area (Å²) in [5.74, 6) is -3.81. The molecule has 8 heteroatoms. The SMILES string of the molecule is CCCc1c(NCC)ncnc1OCC(F)(F)C(F)F. The van der Waals surface area contributed by atoms with Crippen molar-refractivity contribution in [1.29, 1.82) is 0 Å². The standard InChI is InChI=1S/C12H17F4N3O/c1-3-5-8-9(17-4-2)18-7-19-10(8)20-6-12(15,16)11(13)14/h7,11H,3-6H2,1-2H3,(H,17,18,19). The van der Waals surface area contributed by atoms with Gasteiger partial charge in [0.25, 0.3) is 0 Å². The van der Waals surface area contributed by atoms with Crippen LogP contribution in [-0.2, 0) is 6.42 Å². The van der Waals surface area contributed by atoms with Crippen molar-refractivity contribution in [1.82, 2.24) is 9.97 Å². The first-order valence-corrected chi connectivity index (χ1v) is 6.28. The number of hydrogen-bond acceptors (Lipinski definition) is 4. The molecule has 0 spiro atoms. The van der Waals surface area contributed by atoms with E-state index in [4.69, 9.17) is 4.74 Å². The van der Waals surface area contributed by atoms with Crippen LogP contribution in [0.15, 0.2) is 6.33 Å². The lowest BCUT2D eigenvalue weighted by Crippen LogP contribution is -2.34. The smallest absolute Gasteiger partial charge is 0.340 e. The van der Waals surface area contributed by atoms with E-state index in [0.717, 1.165) is 6.33 Å². The average molecular weight is 295 g/mol. The van der Waals surface area contributed by atoms with Crippen LogP contribution in [0.4, 0.5) is 23.4 Å². The van der Waals surface area contributed by atoms with Crippen molar-refractivity contribution in [2.75, 3.05) is 18.5 Å². The molecule has 1 heterocycles. The predicted octanol–water partition coefficient (Wildman–Crippen LogP) is 3.14. The lowest BCUT2D eigenvalue weighted by atomic mass is 10.1. The summed E-state index contributed by atoms with van der Waals surface area (Å²) in [6, 6.07) is 0. The first kappa shape index (κ1) is 16.5. The minimum atomic E-state index is -4.20. The van der Waals surface area contributed by atoms with Crippen molar-refractivity contribution < 1.29 is 22.3 Å². The topological polar surface area (TPSA) is 47.0 Å². The molecule has 0 saturated heterocycles. The second kappa shape index (κ2) is 7.25. The largest absolute Gasteiger partial charge is 0.471 e. The third-order valence-electron chi connectivity index (χ3n) is 2.47. The van der Waals surface area contributed by atoms with Crippen molar-refractivity contribution in [2.24, 2.45) is 0 Å². The van der Waals surface area contributed by atoms with Gasteiger partial charge < -0.3 is 10.1 Å². The van der Waals surface area contributed by atoms with Gasteiger partial charge in [-0.3, -0.25) is 0 Å². The maximum absolute atomic E-state index is 12.9. The summed E-state index contributed by atoms with van der Waals surface area (Å²) in [6.45, 7) is 2.91. The zero-order valence-corrected chi connectivity index (χ0v) is 11.3. The highest BCUT2D eigenvalue weighted by atomic mass is 19.3. The molecule has 0 radical (unpaired) electrons. The molecule has 114 valence electrons. The van der Waals surface area contributed by atoms with Crippen molar-refractivity contribution in [3.63, 3.8) is 0 Å². The van der Waals surface area contributed by atoms with Crippen LogP contribution < -0.4 is 10.1 Å². The lowest BCUT2D eigenvalue weighted by molar-refractivity contribution is -0.148. The summed E-state index contributed by atoms with van der Waals surface area (Å²) in [5.41, 5.74) is 0.516. The molecule has 0 aliphatic carbocycles. The zero-order chi connectivity index (χ0) is 15.2. The molecule has 1 aromatic heterocycles. The van der Waals surface area contributed by atoms with Gasteiger partial charge in [-0.25, -0.2) is 18.7 Å². The summed E-state index contributed by atoms with van der Waals surface area (Å²) < 4.78 is 54.7. The maximum Gasteiger partial charge on any atom is 0.340 e. The number of alkyl halides is 4. The molecule has 0 unspecified atom stereocenters. The number of rotatable bonds is 8. The predicted molar refractivity (Wildman–Crippen MR) is 66.6 cm³/mol. The van der Waals surface area contributed by atoms with Gasteiger partial charge in [0.15, 0.2) is 6.61 Å². The highest BCUT2D eigenvalue weighted by Crippen LogP contribution is 2.27. The van der Waals surface area contributed by atoms with E-state index in [9.17, 15) is 17.6 Å². The number of nitrogens with zero attached hydrogens (tertiary/aromatic N) is 2. The van der Waals surface area contributed by atoms with Crippen LogP contribution in [0.2, 0.25) is 0 Å². The summed E-state index contributed by atoms with van der Waals surface area (Å²) in [6.07, 6.45) is -1.41. The van der Waals surface area contributed by atoms with E-state index in [1.807, 2.05) is 13.8 Å². The van der Waals surface area contributed by atoms with E-state index in [1.165, 1.54) is 0 Å². The zero-order valence-electron chi connectivity index (χ0n) is 11.3. The van der Waals surface area contributed by atoms with Crippen molar-refractivity contribution in [2.45, 2.75) is 39.0 Å². The molecule has 0 fully saturated rings. The van der Waals surface area contributed by atoms with Gasteiger partial charge in [-0.05, 0) is 13.3 Å². The van der Waals surface area contributed by atoms with Gasteiger partial charge in [0.2, 0.25) is 5.88 Å². The fourth-order valence-corrected chi connectivity index (χ4v) is 1.54. The van der Waals surface area contributed by atoms with Crippen LogP contribution >= 0.6 is 0 Å². The van der Waals surface area contributed by atoms with E-state index < -0.39 is 19.0 Å². The Hall–Kier alpha value is -1.60. The van der Waals surface area contributed by atoms with Gasteiger partial charge in [0, 0.05) is 6.54 Å². The Kier molecular flexibility index (Phi) is 5.97. The molecule has 0 aromatic carbocycles. The van der Waals surface area contributed by atoms with Gasteiger partial charge in [-0.1, -0.05) is 13.3 Å². The molecule has 0 aliphatic heterocycles. The third kappa shape index (κ3) is 4.21. The second-order valence-electron chi connectivity index (χ2n) is 4.14. The molecular weight excluding hydrogens is 278 g/mol. The van der Waals surface area contributed by atoms with Crippen LogP contribution in [0.1, 0.15) is 25.8 Å². The average Bonchev–Trinajstić information content (AvgIpc) is 2.39. The molecule has 20 heavy (non-hydrogen) atoms. The molecule has 0 aliphatic rings. The Bertz CT molecular complexity index is 429. The number of hydrogen-bond donors (Lipinski definition) is 1. The van der Waals surface area contributed by atoms with Crippen LogP contribution in [0, 0.1) is 0 Å². The summed E-state index contributed by atoms with van der Waals surface area (Å²) in [4.78, 5) is 7.74. The van der Waals surface area contributed by atoms with Crippen LogP contribution in [0.3, 0.4) is 0 Å². The summed E-state index contributed by atoms with van der Waals surface area (Å²) in [7, 11) is 0. The van der Waals surface area contributed by atoms with Gasteiger partial charge >= 0.3 is 12.3 Å². The molecule has 0 atom stereocenters. The van der Waals surface area contributed by atoms with Crippen LogP contribution in [-0.4, -0.2) is 35.5 Å². The van der Waals surface area contributed by atoms with E-state index in [1.54, 1.807) is 0 Å². The molecule has 0 saturated carbocycles. The molecule has 4 nitrogen and oxygen atoms in total. The number of nitrogens with one attached hydrogen (secondary N) is 1. The molecule has 1 rings (SSSR count). The Balaban J connectivity index is 2.91. The van der Waals surface area contributed by atoms with Gasteiger partial charge in [0.1, 0.15) is 12.1 Å². The van der Waals surface area contributed by atoms with Crippen molar-refractivity contribution >= 4 is 5.82 Å². The number of anilines is 1. The van der Waals surface area contributed by atoms with Gasteiger partial charge in [-0.15, -0.1) is 0 Å². The van der Waals surface area contributed by atoms with Gasteiger partial charge in [0.05, 0.1) is 5.56 Å². The van der Waals surface area contributed by atoms with E-state index >= 15 is 0 Å². The first-order chi connectivity index (χ1) is 9.42. The fraction of sp³-hybridized carbons (Fsp3) is 0.667. The van der Waals surface area contributed by atoms with E-state index in [2.05, 4.69) is 15.3 Å². The van der Waals surface area contributed by atoms with Crippen molar-refractivity contribution in [3.8, 4) is 5.88 Å². The van der Waals surface area contributed by atoms with Crippen molar-refractivity contribution in [3.05, 3.63) is 11.9 Å². The Labute approximate surface area is 114 Å². The minimum Gasteiger partial charge on any atom is -0.471 e.